The molecule has 0 atom stereocenters. The average Bonchev–Trinajstić information content (AvgIpc) is 2.65. The van der Waals surface area contributed by atoms with Crippen molar-refractivity contribution >= 4 is 23.5 Å². The van der Waals surface area contributed by atoms with Gasteiger partial charge in [0.05, 0.1) is 5.56 Å². The minimum atomic E-state index is -0.587. The Morgan fingerprint density at radius 2 is 1.65 bits per heavy atom. The second-order valence-electron chi connectivity index (χ2n) is 7.14. The first kappa shape index (κ1) is 19.0. The number of carbonyl (C=O) groups excluding carboxylic acids is 2. The summed E-state index contributed by atoms with van der Waals surface area (Å²) in [6.45, 7) is 1.17. The highest BCUT2D eigenvalue weighted by atomic mass is 35.5. The molecule has 1 aliphatic heterocycles. The molecule has 142 valence electrons. The van der Waals surface area contributed by atoms with Gasteiger partial charge < -0.3 is 15.5 Å². The molecule has 1 aromatic carbocycles. The van der Waals surface area contributed by atoms with Crippen molar-refractivity contribution in [2.24, 2.45) is 0 Å². The van der Waals surface area contributed by atoms with Crippen LogP contribution in [0, 0.1) is 5.82 Å². The van der Waals surface area contributed by atoms with Crippen LogP contribution in [0.5, 0.6) is 0 Å². The summed E-state index contributed by atoms with van der Waals surface area (Å²) in [4.78, 5) is 26.4. The zero-order chi connectivity index (χ0) is 18.5. The predicted octanol–water partition coefficient (Wildman–Crippen LogP) is 3.72. The lowest BCUT2D eigenvalue weighted by Gasteiger charge is -2.34. The summed E-state index contributed by atoms with van der Waals surface area (Å²) < 4.78 is 13.8. The van der Waals surface area contributed by atoms with Crippen molar-refractivity contribution in [1.29, 1.82) is 0 Å². The van der Waals surface area contributed by atoms with E-state index in [1.807, 2.05) is 0 Å². The number of halogens is 2. The summed E-state index contributed by atoms with van der Waals surface area (Å²) in [6, 6.07) is 4.15. The second-order valence-corrected chi connectivity index (χ2v) is 7.58. The van der Waals surface area contributed by atoms with Crippen LogP contribution in [0.2, 0.25) is 5.02 Å². The van der Waals surface area contributed by atoms with Crippen LogP contribution in [0.3, 0.4) is 0 Å². The fourth-order valence-corrected chi connectivity index (χ4v) is 3.85. The summed E-state index contributed by atoms with van der Waals surface area (Å²) in [5.74, 6) is -1.05. The molecule has 0 aromatic heterocycles. The number of urea groups is 1. The number of hydrogen-bond donors (Lipinski definition) is 2. The Morgan fingerprint density at radius 3 is 2.35 bits per heavy atom. The SMILES string of the molecule is O=C(NC1CCN(C(=O)NC2CCCCC2)CC1)c1cc(Cl)ccc1F. The van der Waals surface area contributed by atoms with Gasteiger partial charge in [0.2, 0.25) is 0 Å². The van der Waals surface area contributed by atoms with Crippen molar-refractivity contribution in [2.75, 3.05) is 13.1 Å². The quantitative estimate of drug-likeness (QED) is 0.838. The minimum absolute atomic E-state index is 0.0115. The summed E-state index contributed by atoms with van der Waals surface area (Å²) in [5.41, 5.74) is -0.0463. The standard InChI is InChI=1S/C19H25ClFN3O2/c20-13-6-7-17(21)16(12-13)18(25)22-15-8-10-24(11-9-15)19(26)23-14-4-2-1-3-5-14/h6-7,12,14-15H,1-5,8-11H2,(H,22,25)(H,23,26). The Kier molecular flexibility index (Phi) is 6.35. The van der Waals surface area contributed by atoms with Gasteiger partial charge in [0.1, 0.15) is 5.82 Å². The zero-order valence-electron chi connectivity index (χ0n) is 14.8. The summed E-state index contributed by atoms with van der Waals surface area (Å²) in [5, 5.41) is 6.29. The Hall–Kier alpha value is -1.82. The molecule has 0 spiro atoms. The first-order chi connectivity index (χ1) is 12.5. The molecule has 2 aliphatic rings. The number of amides is 3. The van der Waals surface area contributed by atoms with E-state index >= 15 is 0 Å². The molecule has 1 heterocycles. The number of piperidine rings is 1. The molecule has 5 nitrogen and oxygen atoms in total. The maximum atomic E-state index is 13.8. The first-order valence-electron chi connectivity index (χ1n) is 9.34. The molecular formula is C19H25ClFN3O2. The lowest BCUT2D eigenvalue weighted by atomic mass is 9.95. The molecule has 26 heavy (non-hydrogen) atoms. The number of benzene rings is 1. The van der Waals surface area contributed by atoms with Gasteiger partial charge in [-0.25, -0.2) is 9.18 Å². The van der Waals surface area contributed by atoms with E-state index in [1.54, 1.807) is 4.90 Å². The molecule has 0 bridgehead atoms. The van der Waals surface area contributed by atoms with Crippen molar-refractivity contribution in [3.63, 3.8) is 0 Å². The molecule has 0 unspecified atom stereocenters. The number of hydrogen-bond acceptors (Lipinski definition) is 2. The molecule has 3 rings (SSSR count). The predicted molar refractivity (Wildman–Crippen MR) is 98.9 cm³/mol. The Bertz CT molecular complexity index is 656. The summed E-state index contributed by atoms with van der Waals surface area (Å²) in [6.07, 6.45) is 7.05. The third kappa shape index (κ3) is 4.87. The van der Waals surface area contributed by atoms with Crippen LogP contribution < -0.4 is 10.6 Å². The zero-order valence-corrected chi connectivity index (χ0v) is 15.5. The van der Waals surface area contributed by atoms with Crippen molar-refractivity contribution in [1.82, 2.24) is 15.5 Å². The van der Waals surface area contributed by atoms with Gasteiger partial charge in [0.25, 0.3) is 5.91 Å². The maximum absolute atomic E-state index is 13.8. The number of likely N-dealkylation sites (tertiary alicyclic amines) is 1. The molecule has 1 saturated heterocycles. The molecule has 2 N–H and O–H groups in total. The van der Waals surface area contributed by atoms with Gasteiger partial charge in [-0.05, 0) is 43.9 Å². The topological polar surface area (TPSA) is 61.4 Å². The normalized spacial score (nSPS) is 19.2. The van der Waals surface area contributed by atoms with Crippen molar-refractivity contribution in [3.05, 3.63) is 34.6 Å². The van der Waals surface area contributed by atoms with E-state index < -0.39 is 11.7 Å². The molecule has 1 saturated carbocycles. The Morgan fingerprint density at radius 1 is 1.00 bits per heavy atom. The van der Waals surface area contributed by atoms with Gasteiger partial charge in [-0.15, -0.1) is 0 Å². The van der Waals surface area contributed by atoms with Gasteiger partial charge >= 0.3 is 6.03 Å². The third-order valence-corrected chi connectivity index (χ3v) is 5.46. The van der Waals surface area contributed by atoms with Crippen LogP contribution in [0.1, 0.15) is 55.3 Å². The van der Waals surface area contributed by atoms with Gasteiger partial charge in [0, 0.05) is 30.2 Å². The van der Waals surface area contributed by atoms with E-state index in [0.29, 0.717) is 37.0 Å². The summed E-state index contributed by atoms with van der Waals surface area (Å²) in [7, 11) is 0. The Labute approximate surface area is 158 Å². The van der Waals surface area contributed by atoms with Gasteiger partial charge in [-0.2, -0.15) is 0 Å². The lowest BCUT2D eigenvalue weighted by Crippen LogP contribution is -2.51. The first-order valence-corrected chi connectivity index (χ1v) is 9.72. The van der Waals surface area contributed by atoms with E-state index in [-0.39, 0.29) is 17.6 Å². The fraction of sp³-hybridized carbons (Fsp3) is 0.579. The smallest absolute Gasteiger partial charge is 0.317 e. The van der Waals surface area contributed by atoms with E-state index in [2.05, 4.69) is 10.6 Å². The maximum Gasteiger partial charge on any atom is 0.317 e. The molecular weight excluding hydrogens is 357 g/mol. The highest BCUT2D eigenvalue weighted by Gasteiger charge is 2.26. The monoisotopic (exact) mass is 381 g/mol. The van der Waals surface area contributed by atoms with E-state index in [0.717, 1.165) is 12.8 Å². The van der Waals surface area contributed by atoms with E-state index in [4.69, 9.17) is 11.6 Å². The van der Waals surface area contributed by atoms with Crippen LogP contribution >= 0.6 is 11.6 Å². The van der Waals surface area contributed by atoms with Crippen molar-refractivity contribution in [2.45, 2.75) is 57.0 Å². The highest BCUT2D eigenvalue weighted by molar-refractivity contribution is 6.31. The van der Waals surface area contributed by atoms with E-state index in [9.17, 15) is 14.0 Å². The van der Waals surface area contributed by atoms with Gasteiger partial charge in [-0.1, -0.05) is 30.9 Å². The minimum Gasteiger partial charge on any atom is -0.349 e. The van der Waals surface area contributed by atoms with Crippen LogP contribution in [0.25, 0.3) is 0 Å². The molecule has 2 fully saturated rings. The van der Waals surface area contributed by atoms with Crippen LogP contribution in [-0.4, -0.2) is 42.0 Å². The lowest BCUT2D eigenvalue weighted by molar-refractivity contribution is 0.0913. The van der Waals surface area contributed by atoms with Crippen LogP contribution in [0.15, 0.2) is 18.2 Å². The van der Waals surface area contributed by atoms with Crippen molar-refractivity contribution < 1.29 is 14.0 Å². The number of nitrogens with one attached hydrogen (secondary N) is 2. The van der Waals surface area contributed by atoms with E-state index in [1.165, 1.54) is 37.5 Å². The summed E-state index contributed by atoms with van der Waals surface area (Å²) >= 11 is 5.84. The van der Waals surface area contributed by atoms with Crippen LogP contribution in [-0.2, 0) is 0 Å². The van der Waals surface area contributed by atoms with Crippen LogP contribution in [0.4, 0.5) is 9.18 Å². The molecule has 7 heteroatoms. The Balaban J connectivity index is 1.46. The number of nitrogens with zero attached hydrogens (tertiary/aromatic N) is 1. The van der Waals surface area contributed by atoms with Gasteiger partial charge in [-0.3, -0.25) is 4.79 Å². The second kappa shape index (κ2) is 8.71. The molecule has 3 amide bonds. The highest BCUT2D eigenvalue weighted by Crippen LogP contribution is 2.19. The average molecular weight is 382 g/mol. The number of rotatable bonds is 3. The molecule has 0 radical (unpaired) electrons. The molecule has 1 aliphatic carbocycles. The van der Waals surface area contributed by atoms with Gasteiger partial charge in [0.15, 0.2) is 0 Å². The molecule has 1 aromatic rings. The van der Waals surface area contributed by atoms with Crippen molar-refractivity contribution in [3.8, 4) is 0 Å². The third-order valence-electron chi connectivity index (χ3n) is 5.22. The number of carbonyl (C=O) groups is 2. The largest absolute Gasteiger partial charge is 0.349 e. The fourth-order valence-electron chi connectivity index (χ4n) is 3.67.